The van der Waals surface area contributed by atoms with Crippen molar-refractivity contribution < 1.29 is 13.3 Å². The second kappa shape index (κ2) is 5.62. The molecule has 0 bridgehead atoms. The summed E-state index contributed by atoms with van der Waals surface area (Å²) in [5.74, 6) is -0.0768. The summed E-state index contributed by atoms with van der Waals surface area (Å²) in [7, 11) is -3.30. The van der Waals surface area contributed by atoms with E-state index in [-0.39, 0.29) is 21.7 Å². The van der Waals surface area contributed by atoms with Gasteiger partial charge < -0.3 is 5.32 Å². The van der Waals surface area contributed by atoms with Gasteiger partial charge in [0.15, 0.2) is 9.84 Å². The van der Waals surface area contributed by atoms with Gasteiger partial charge in [-0.25, -0.2) is 13.4 Å². The lowest BCUT2D eigenvalue weighted by molar-refractivity contribution is -0.384. The molecule has 1 heterocycles. The Morgan fingerprint density at radius 2 is 1.90 bits per heavy atom. The molecular formula is C11H9ClN4O4S. The number of hydrogen-bond donors (Lipinski definition) is 1. The Bertz CT molecular complexity index is 792. The molecule has 0 atom stereocenters. The summed E-state index contributed by atoms with van der Waals surface area (Å²) in [6, 6.07) is 5.70. The fourth-order valence-corrected chi connectivity index (χ4v) is 2.27. The Labute approximate surface area is 124 Å². The fourth-order valence-electron chi connectivity index (χ4n) is 1.50. The minimum Gasteiger partial charge on any atom is -0.334 e. The van der Waals surface area contributed by atoms with Gasteiger partial charge in [0.25, 0.3) is 0 Å². The molecule has 1 aromatic heterocycles. The molecule has 1 N–H and O–H groups in total. The number of nitrogens with zero attached hydrogens (tertiary/aromatic N) is 3. The van der Waals surface area contributed by atoms with Gasteiger partial charge in [-0.05, 0) is 35.9 Å². The maximum Gasteiger partial charge on any atom is 0.329 e. The van der Waals surface area contributed by atoms with Gasteiger partial charge in [0.2, 0.25) is 11.1 Å². The number of halogens is 1. The van der Waals surface area contributed by atoms with Gasteiger partial charge in [-0.15, -0.1) is 0 Å². The van der Waals surface area contributed by atoms with Gasteiger partial charge in [-0.2, -0.15) is 4.98 Å². The molecule has 0 fully saturated rings. The summed E-state index contributed by atoms with van der Waals surface area (Å²) in [6.45, 7) is 0. The lowest BCUT2D eigenvalue weighted by Crippen LogP contribution is -2.02. The summed E-state index contributed by atoms with van der Waals surface area (Å²) in [5.41, 5.74) is 0.0897. The molecule has 2 rings (SSSR count). The molecule has 0 aliphatic rings. The number of benzene rings is 1. The van der Waals surface area contributed by atoms with Crippen molar-refractivity contribution in [3.63, 3.8) is 0 Å². The largest absolute Gasteiger partial charge is 0.334 e. The van der Waals surface area contributed by atoms with Crippen LogP contribution in [0, 0.1) is 10.1 Å². The van der Waals surface area contributed by atoms with E-state index < -0.39 is 14.8 Å². The van der Waals surface area contributed by atoms with E-state index in [0.717, 1.165) is 12.5 Å². The zero-order chi connectivity index (χ0) is 15.6. The molecule has 0 unspecified atom stereocenters. The topological polar surface area (TPSA) is 115 Å². The van der Waals surface area contributed by atoms with Crippen LogP contribution in [-0.2, 0) is 9.84 Å². The summed E-state index contributed by atoms with van der Waals surface area (Å²) < 4.78 is 22.7. The number of sulfone groups is 1. The highest BCUT2D eigenvalue weighted by molar-refractivity contribution is 7.90. The first-order chi connectivity index (χ1) is 9.77. The molecule has 0 aliphatic heterocycles. The second-order valence-corrected chi connectivity index (χ2v) is 6.41. The Kier molecular flexibility index (Phi) is 4.05. The van der Waals surface area contributed by atoms with Crippen molar-refractivity contribution in [2.45, 2.75) is 4.90 Å². The Balaban J connectivity index is 2.34. The van der Waals surface area contributed by atoms with Gasteiger partial charge in [0.05, 0.1) is 9.82 Å². The first-order valence-corrected chi connectivity index (χ1v) is 7.78. The van der Waals surface area contributed by atoms with E-state index >= 15 is 0 Å². The van der Waals surface area contributed by atoms with Crippen LogP contribution in [0.1, 0.15) is 0 Å². The molecular weight excluding hydrogens is 320 g/mol. The molecule has 8 nitrogen and oxygen atoms in total. The Morgan fingerprint density at radius 1 is 1.29 bits per heavy atom. The summed E-state index contributed by atoms with van der Waals surface area (Å²) in [6.07, 6.45) is 2.08. The molecule has 110 valence electrons. The lowest BCUT2D eigenvalue weighted by atomic mass is 10.3. The van der Waals surface area contributed by atoms with Gasteiger partial charge in [-0.3, -0.25) is 10.1 Å². The van der Waals surface area contributed by atoms with Gasteiger partial charge in [-0.1, -0.05) is 0 Å². The summed E-state index contributed by atoms with van der Waals surface area (Å²) in [4.78, 5) is 17.7. The number of hydrogen-bond acceptors (Lipinski definition) is 7. The van der Waals surface area contributed by atoms with E-state index in [4.69, 9.17) is 11.6 Å². The monoisotopic (exact) mass is 328 g/mol. The van der Waals surface area contributed by atoms with E-state index in [0.29, 0.717) is 5.69 Å². The minimum atomic E-state index is -3.30. The van der Waals surface area contributed by atoms with E-state index in [1.807, 2.05) is 0 Å². The highest BCUT2D eigenvalue weighted by Gasteiger charge is 2.17. The van der Waals surface area contributed by atoms with Crippen LogP contribution >= 0.6 is 11.6 Å². The second-order valence-electron chi connectivity index (χ2n) is 4.05. The predicted octanol–water partition coefficient (Wildman–Crippen LogP) is 2.19. The first kappa shape index (κ1) is 15.1. The average molecular weight is 329 g/mol. The number of rotatable bonds is 4. The van der Waals surface area contributed by atoms with Gasteiger partial charge >= 0.3 is 5.69 Å². The van der Waals surface area contributed by atoms with E-state index in [1.54, 1.807) is 0 Å². The van der Waals surface area contributed by atoms with E-state index in [1.165, 1.54) is 24.3 Å². The molecule has 0 spiro atoms. The zero-order valence-corrected chi connectivity index (χ0v) is 12.2. The maximum absolute atomic E-state index is 11.3. The van der Waals surface area contributed by atoms with Gasteiger partial charge in [0, 0.05) is 11.9 Å². The number of nitro groups is 1. The van der Waals surface area contributed by atoms with Crippen molar-refractivity contribution in [1.29, 1.82) is 0 Å². The molecule has 1 aromatic carbocycles. The molecule has 0 saturated carbocycles. The third-order valence-corrected chi connectivity index (χ3v) is 3.79. The van der Waals surface area contributed by atoms with Crippen molar-refractivity contribution in [2.75, 3.05) is 11.6 Å². The zero-order valence-electron chi connectivity index (χ0n) is 10.6. The highest BCUT2D eigenvalue weighted by atomic mass is 35.5. The van der Waals surface area contributed by atoms with Crippen LogP contribution in [0.2, 0.25) is 5.28 Å². The van der Waals surface area contributed by atoms with Crippen LogP contribution in [0.25, 0.3) is 0 Å². The summed E-state index contributed by atoms with van der Waals surface area (Å²) >= 11 is 5.61. The van der Waals surface area contributed by atoms with Crippen LogP contribution in [0.5, 0.6) is 0 Å². The molecule has 0 aliphatic carbocycles. The van der Waals surface area contributed by atoms with E-state index in [9.17, 15) is 18.5 Å². The average Bonchev–Trinajstić information content (AvgIpc) is 2.38. The van der Waals surface area contributed by atoms with Crippen LogP contribution in [0.4, 0.5) is 17.2 Å². The van der Waals surface area contributed by atoms with Gasteiger partial charge in [0.1, 0.15) is 6.20 Å². The molecule has 0 amide bonds. The number of aromatic nitrogens is 2. The highest BCUT2D eigenvalue weighted by Crippen LogP contribution is 2.26. The van der Waals surface area contributed by atoms with Crippen LogP contribution in [-0.4, -0.2) is 29.6 Å². The molecule has 10 heteroatoms. The Morgan fingerprint density at radius 3 is 2.43 bits per heavy atom. The number of nitrogens with one attached hydrogen (secondary N) is 1. The van der Waals surface area contributed by atoms with Crippen molar-refractivity contribution in [3.8, 4) is 0 Å². The van der Waals surface area contributed by atoms with Crippen molar-refractivity contribution in [2.24, 2.45) is 0 Å². The summed E-state index contributed by atoms with van der Waals surface area (Å²) in [5, 5.41) is 13.4. The lowest BCUT2D eigenvalue weighted by Gasteiger charge is -2.06. The quantitative estimate of drug-likeness (QED) is 0.519. The standard InChI is InChI=1S/C11H9ClN4O4S/c1-21(19,20)8-4-2-7(3-5-8)14-10-9(16(17)18)6-13-11(12)15-10/h2-6H,1H3,(H,13,14,15). The Hall–Kier alpha value is -2.26. The third-order valence-electron chi connectivity index (χ3n) is 2.48. The molecule has 0 radical (unpaired) electrons. The molecule has 2 aromatic rings. The fraction of sp³-hybridized carbons (Fsp3) is 0.0909. The van der Waals surface area contributed by atoms with Crippen molar-refractivity contribution >= 4 is 38.6 Å². The van der Waals surface area contributed by atoms with Crippen LogP contribution in [0.3, 0.4) is 0 Å². The molecule has 0 saturated heterocycles. The smallest absolute Gasteiger partial charge is 0.329 e. The first-order valence-electron chi connectivity index (χ1n) is 5.51. The third kappa shape index (κ3) is 3.64. The van der Waals surface area contributed by atoms with Crippen molar-refractivity contribution in [3.05, 3.63) is 45.9 Å². The van der Waals surface area contributed by atoms with E-state index in [2.05, 4.69) is 15.3 Å². The SMILES string of the molecule is CS(=O)(=O)c1ccc(Nc2nc(Cl)ncc2[N+](=O)[O-])cc1. The number of anilines is 2. The maximum atomic E-state index is 11.3. The normalized spacial score (nSPS) is 11.1. The van der Waals surface area contributed by atoms with Crippen LogP contribution < -0.4 is 5.32 Å². The van der Waals surface area contributed by atoms with Crippen molar-refractivity contribution in [1.82, 2.24) is 9.97 Å². The van der Waals surface area contributed by atoms with Crippen LogP contribution in [0.15, 0.2) is 35.4 Å². The molecule has 21 heavy (non-hydrogen) atoms. The predicted molar refractivity (Wildman–Crippen MR) is 76.5 cm³/mol. The minimum absolute atomic E-state index is 0.0768.